The first-order valence-electron chi connectivity index (χ1n) is 7.00. The summed E-state index contributed by atoms with van der Waals surface area (Å²) in [4.78, 5) is 0. The van der Waals surface area contributed by atoms with Crippen LogP contribution in [0.5, 0.6) is 0 Å². The second-order valence-electron chi connectivity index (χ2n) is 4.74. The Morgan fingerprint density at radius 1 is 0.900 bits per heavy atom. The van der Waals surface area contributed by atoms with Crippen molar-refractivity contribution < 1.29 is 0 Å². The van der Waals surface area contributed by atoms with Crippen LogP contribution in [0.1, 0.15) is 42.0 Å². The van der Waals surface area contributed by atoms with Crippen LogP contribution in [0.2, 0.25) is 0 Å². The Balaban J connectivity index is 2.15. The molecule has 2 aromatic carbocycles. The number of hydrogen-bond donors (Lipinski definition) is 0. The molecule has 0 aliphatic rings. The number of benzene rings is 2. The lowest BCUT2D eigenvalue weighted by Crippen LogP contribution is -1.85. The van der Waals surface area contributed by atoms with Gasteiger partial charge in [0.05, 0.1) is 0 Å². The van der Waals surface area contributed by atoms with Crippen LogP contribution in [-0.4, -0.2) is 0 Å². The highest BCUT2D eigenvalue weighted by Gasteiger charge is 1.95. The van der Waals surface area contributed by atoms with Gasteiger partial charge in [-0.2, -0.15) is 0 Å². The Labute approximate surface area is 121 Å². The summed E-state index contributed by atoms with van der Waals surface area (Å²) in [6.07, 6.45) is 9.07. The van der Waals surface area contributed by atoms with Gasteiger partial charge in [-0.1, -0.05) is 55.4 Å². The average molecular weight is 258 g/mol. The fraction of sp³-hybridized carbons (Fsp3) is 0.200. The van der Waals surface area contributed by atoms with Gasteiger partial charge in [-0.3, -0.25) is 0 Å². The van der Waals surface area contributed by atoms with Gasteiger partial charge < -0.3 is 0 Å². The molecule has 0 fully saturated rings. The molecule has 0 spiro atoms. The molecule has 0 heteroatoms. The standard InChI is InChI=1S/C20H18/c1-3-5-8-17-11-13-18(14-12-17)15-16-20-10-7-6-9-19(20)4-2/h2,6-7,9-14H,3,5,8H2,1H3. The zero-order valence-electron chi connectivity index (χ0n) is 11.8. The predicted octanol–water partition coefficient (Wildman–Crippen LogP) is 4.41. The minimum Gasteiger partial charge on any atom is -0.115 e. The molecule has 0 heterocycles. The maximum atomic E-state index is 5.47. The van der Waals surface area contributed by atoms with Gasteiger partial charge in [0.1, 0.15) is 0 Å². The van der Waals surface area contributed by atoms with E-state index < -0.39 is 0 Å². The molecular formula is C20H18. The Kier molecular flexibility index (Phi) is 5.05. The van der Waals surface area contributed by atoms with Crippen LogP contribution in [0.3, 0.4) is 0 Å². The molecule has 0 saturated carbocycles. The molecule has 0 aromatic heterocycles. The summed E-state index contributed by atoms with van der Waals surface area (Å²) in [7, 11) is 0. The van der Waals surface area contributed by atoms with Crippen LogP contribution in [-0.2, 0) is 6.42 Å². The molecule has 20 heavy (non-hydrogen) atoms. The first-order chi connectivity index (χ1) is 9.83. The van der Waals surface area contributed by atoms with E-state index in [0.717, 1.165) is 23.1 Å². The van der Waals surface area contributed by atoms with Crippen molar-refractivity contribution in [3.8, 4) is 24.2 Å². The highest BCUT2D eigenvalue weighted by atomic mass is 14.0. The maximum absolute atomic E-state index is 5.47. The number of aryl methyl sites for hydroxylation is 1. The molecule has 0 nitrogen and oxygen atoms in total. The van der Waals surface area contributed by atoms with Gasteiger partial charge in [-0.05, 0) is 42.7 Å². The van der Waals surface area contributed by atoms with Crippen molar-refractivity contribution in [2.24, 2.45) is 0 Å². The van der Waals surface area contributed by atoms with Gasteiger partial charge in [0.25, 0.3) is 0 Å². The van der Waals surface area contributed by atoms with Gasteiger partial charge in [0.15, 0.2) is 0 Å². The van der Waals surface area contributed by atoms with Crippen LogP contribution < -0.4 is 0 Å². The van der Waals surface area contributed by atoms with E-state index in [9.17, 15) is 0 Å². The topological polar surface area (TPSA) is 0 Å². The predicted molar refractivity (Wildman–Crippen MR) is 85.4 cm³/mol. The third kappa shape index (κ3) is 3.78. The minimum absolute atomic E-state index is 0.847. The largest absolute Gasteiger partial charge is 0.115 e. The van der Waals surface area contributed by atoms with E-state index in [2.05, 4.69) is 49.0 Å². The first kappa shape index (κ1) is 14.0. The Morgan fingerprint density at radius 3 is 2.25 bits per heavy atom. The molecule has 0 amide bonds. The van der Waals surface area contributed by atoms with Crippen LogP contribution in [0.4, 0.5) is 0 Å². The molecule has 0 N–H and O–H groups in total. The molecule has 0 aliphatic carbocycles. The van der Waals surface area contributed by atoms with Crippen molar-refractivity contribution in [1.82, 2.24) is 0 Å². The lowest BCUT2D eigenvalue weighted by atomic mass is 10.1. The minimum atomic E-state index is 0.847. The van der Waals surface area contributed by atoms with Crippen molar-refractivity contribution in [2.45, 2.75) is 26.2 Å². The molecule has 2 aromatic rings. The average Bonchev–Trinajstić information content (AvgIpc) is 2.52. The summed E-state index contributed by atoms with van der Waals surface area (Å²) in [5.41, 5.74) is 4.16. The zero-order valence-corrected chi connectivity index (χ0v) is 11.8. The van der Waals surface area contributed by atoms with E-state index in [1.165, 1.54) is 18.4 Å². The summed E-state index contributed by atoms with van der Waals surface area (Å²) >= 11 is 0. The van der Waals surface area contributed by atoms with Crippen LogP contribution in [0.25, 0.3) is 0 Å². The summed E-state index contributed by atoms with van der Waals surface area (Å²) in [5.74, 6) is 8.99. The molecule has 0 bridgehead atoms. The number of rotatable bonds is 3. The SMILES string of the molecule is C#Cc1ccccc1C#Cc1ccc(CCCC)cc1. The molecule has 0 unspecified atom stereocenters. The smallest absolute Gasteiger partial charge is 0.0405 e. The highest BCUT2D eigenvalue weighted by Crippen LogP contribution is 2.09. The van der Waals surface area contributed by atoms with Gasteiger partial charge in [-0.15, -0.1) is 6.42 Å². The van der Waals surface area contributed by atoms with E-state index in [1.807, 2.05) is 24.3 Å². The third-order valence-corrected chi connectivity index (χ3v) is 3.20. The van der Waals surface area contributed by atoms with Gasteiger partial charge >= 0.3 is 0 Å². The van der Waals surface area contributed by atoms with Crippen molar-refractivity contribution in [3.63, 3.8) is 0 Å². The Morgan fingerprint density at radius 2 is 1.60 bits per heavy atom. The quantitative estimate of drug-likeness (QED) is 0.715. The van der Waals surface area contributed by atoms with E-state index >= 15 is 0 Å². The van der Waals surface area contributed by atoms with Crippen molar-refractivity contribution >= 4 is 0 Å². The van der Waals surface area contributed by atoms with Crippen molar-refractivity contribution in [2.75, 3.05) is 0 Å². The van der Waals surface area contributed by atoms with Gasteiger partial charge in [0.2, 0.25) is 0 Å². The van der Waals surface area contributed by atoms with E-state index in [1.54, 1.807) is 0 Å². The molecule has 0 atom stereocenters. The number of unbranched alkanes of at least 4 members (excludes halogenated alkanes) is 1. The first-order valence-corrected chi connectivity index (χ1v) is 7.00. The molecule has 98 valence electrons. The second kappa shape index (κ2) is 7.22. The molecule has 0 aliphatic heterocycles. The number of hydrogen-bond acceptors (Lipinski definition) is 0. The fourth-order valence-corrected chi connectivity index (χ4v) is 1.99. The molecular weight excluding hydrogens is 240 g/mol. The number of terminal acetylenes is 1. The Hall–Kier alpha value is -2.44. The summed E-state index contributed by atoms with van der Waals surface area (Å²) in [6, 6.07) is 16.2. The van der Waals surface area contributed by atoms with Crippen molar-refractivity contribution in [3.05, 3.63) is 70.8 Å². The van der Waals surface area contributed by atoms with E-state index in [0.29, 0.717) is 0 Å². The highest BCUT2D eigenvalue weighted by molar-refractivity contribution is 5.51. The van der Waals surface area contributed by atoms with Crippen LogP contribution in [0, 0.1) is 24.2 Å². The lowest BCUT2D eigenvalue weighted by molar-refractivity contribution is 0.795. The molecule has 0 radical (unpaired) electrons. The second-order valence-corrected chi connectivity index (χ2v) is 4.74. The molecule has 2 rings (SSSR count). The zero-order chi connectivity index (χ0) is 14.2. The fourth-order valence-electron chi connectivity index (χ4n) is 1.99. The van der Waals surface area contributed by atoms with E-state index in [-0.39, 0.29) is 0 Å². The van der Waals surface area contributed by atoms with Gasteiger partial charge in [0, 0.05) is 16.7 Å². The monoisotopic (exact) mass is 258 g/mol. The Bertz CT molecular complexity index is 658. The summed E-state index contributed by atoms with van der Waals surface area (Å²) in [6.45, 7) is 2.21. The lowest BCUT2D eigenvalue weighted by Gasteiger charge is -1.99. The third-order valence-electron chi connectivity index (χ3n) is 3.20. The van der Waals surface area contributed by atoms with Crippen LogP contribution >= 0.6 is 0 Å². The van der Waals surface area contributed by atoms with Crippen molar-refractivity contribution in [1.29, 1.82) is 0 Å². The summed E-state index contributed by atoms with van der Waals surface area (Å²) < 4.78 is 0. The van der Waals surface area contributed by atoms with Crippen LogP contribution in [0.15, 0.2) is 48.5 Å². The van der Waals surface area contributed by atoms with E-state index in [4.69, 9.17) is 6.42 Å². The summed E-state index contributed by atoms with van der Waals surface area (Å²) in [5, 5.41) is 0. The molecule has 0 saturated heterocycles. The maximum Gasteiger partial charge on any atom is 0.0405 e. The normalized spacial score (nSPS) is 9.40. The van der Waals surface area contributed by atoms with Gasteiger partial charge in [-0.25, -0.2) is 0 Å².